The number of hydrogen-bond acceptors (Lipinski definition) is 1. The van der Waals surface area contributed by atoms with Crippen molar-refractivity contribution in [2.75, 3.05) is 0 Å². The van der Waals surface area contributed by atoms with Gasteiger partial charge in [-0.2, -0.15) is 4.39 Å². The zero-order valence-electron chi connectivity index (χ0n) is 7.85. The number of rotatable bonds is 1. The van der Waals surface area contributed by atoms with Gasteiger partial charge in [-0.25, -0.2) is 9.37 Å². The summed E-state index contributed by atoms with van der Waals surface area (Å²) < 4.78 is 25.6. The Bertz CT molecular complexity index is 544. The zero-order chi connectivity index (χ0) is 11.7. The predicted octanol–water partition coefficient (Wildman–Crippen LogP) is 4.33. The molecule has 0 N–H and O–H groups in total. The lowest BCUT2D eigenvalue weighted by Gasteiger charge is -2.04. The first-order valence-corrected chi connectivity index (χ1v) is 5.10. The number of pyridine rings is 1. The predicted molar refractivity (Wildman–Crippen MR) is 59.6 cm³/mol. The van der Waals surface area contributed by atoms with E-state index in [0.717, 1.165) is 6.07 Å². The molecule has 0 fully saturated rings. The molecule has 0 aliphatic rings. The molecule has 0 aliphatic heterocycles. The molecule has 0 aliphatic carbocycles. The Kier molecular flexibility index (Phi) is 3.08. The molecule has 2 aromatic rings. The normalized spacial score (nSPS) is 10.5. The van der Waals surface area contributed by atoms with Crippen molar-refractivity contribution in [2.24, 2.45) is 0 Å². The van der Waals surface area contributed by atoms with E-state index >= 15 is 0 Å². The first-order chi connectivity index (χ1) is 7.58. The van der Waals surface area contributed by atoms with Crippen molar-refractivity contribution in [3.63, 3.8) is 0 Å². The van der Waals surface area contributed by atoms with Gasteiger partial charge in [-0.05, 0) is 18.2 Å². The second-order valence-corrected chi connectivity index (χ2v) is 3.96. The summed E-state index contributed by atoms with van der Waals surface area (Å²) >= 11 is 11.7. The van der Waals surface area contributed by atoms with Crippen molar-refractivity contribution in [1.29, 1.82) is 0 Å². The summed E-state index contributed by atoms with van der Waals surface area (Å²) in [5, 5.41) is 0.838. The van der Waals surface area contributed by atoms with Gasteiger partial charge in [-0.1, -0.05) is 29.3 Å². The number of hydrogen-bond donors (Lipinski definition) is 0. The van der Waals surface area contributed by atoms with Crippen LogP contribution in [0.3, 0.4) is 0 Å². The van der Waals surface area contributed by atoms with Gasteiger partial charge in [0.05, 0.1) is 0 Å². The summed E-state index contributed by atoms with van der Waals surface area (Å²) in [6.45, 7) is 0. The van der Waals surface area contributed by atoms with Crippen molar-refractivity contribution >= 4 is 23.2 Å². The minimum Gasteiger partial charge on any atom is -0.225 e. The fourth-order valence-corrected chi connectivity index (χ4v) is 1.81. The van der Waals surface area contributed by atoms with Crippen molar-refractivity contribution in [1.82, 2.24) is 4.98 Å². The number of nitrogens with zero attached hydrogens (tertiary/aromatic N) is 1. The van der Waals surface area contributed by atoms with E-state index in [-0.39, 0.29) is 0 Å². The summed E-state index contributed by atoms with van der Waals surface area (Å²) in [7, 11) is 0. The highest BCUT2D eigenvalue weighted by atomic mass is 35.5. The molecule has 1 aromatic carbocycles. The van der Waals surface area contributed by atoms with Crippen LogP contribution in [0.15, 0.2) is 30.5 Å². The quantitative estimate of drug-likeness (QED) is 0.695. The first kappa shape index (κ1) is 11.3. The highest BCUT2D eigenvalue weighted by Crippen LogP contribution is 2.30. The molecule has 16 heavy (non-hydrogen) atoms. The molecule has 0 amide bonds. The van der Waals surface area contributed by atoms with Crippen LogP contribution >= 0.6 is 23.2 Å². The van der Waals surface area contributed by atoms with Crippen LogP contribution in [0, 0.1) is 11.8 Å². The van der Waals surface area contributed by atoms with Crippen molar-refractivity contribution in [3.8, 4) is 11.1 Å². The van der Waals surface area contributed by atoms with Crippen LogP contribution in [-0.2, 0) is 0 Å². The average molecular weight is 260 g/mol. The van der Waals surface area contributed by atoms with E-state index in [1.165, 1.54) is 12.3 Å². The third-order valence-electron chi connectivity index (χ3n) is 2.04. The molecule has 1 aromatic heterocycles. The van der Waals surface area contributed by atoms with Crippen molar-refractivity contribution in [3.05, 3.63) is 52.3 Å². The van der Waals surface area contributed by atoms with Crippen LogP contribution < -0.4 is 0 Å². The largest absolute Gasteiger partial charge is 0.248 e. The highest BCUT2D eigenvalue weighted by molar-refractivity contribution is 6.36. The Labute approximate surface area is 101 Å². The van der Waals surface area contributed by atoms with Gasteiger partial charge in [0.2, 0.25) is 5.95 Å². The summed E-state index contributed by atoms with van der Waals surface area (Å²) in [6, 6.07) is 5.81. The Morgan fingerprint density at radius 3 is 2.44 bits per heavy atom. The Hall–Kier alpha value is -1.19. The molecule has 0 unspecified atom stereocenters. The van der Waals surface area contributed by atoms with Crippen LogP contribution in [0.5, 0.6) is 0 Å². The maximum absolute atomic E-state index is 13.0. The van der Waals surface area contributed by atoms with Crippen LogP contribution in [0.1, 0.15) is 0 Å². The molecule has 0 saturated heterocycles. The topological polar surface area (TPSA) is 12.9 Å². The second-order valence-electron chi connectivity index (χ2n) is 3.12. The zero-order valence-corrected chi connectivity index (χ0v) is 9.36. The third kappa shape index (κ3) is 2.15. The smallest absolute Gasteiger partial charge is 0.225 e. The van der Waals surface area contributed by atoms with Crippen molar-refractivity contribution < 1.29 is 8.78 Å². The highest BCUT2D eigenvalue weighted by Gasteiger charge is 2.08. The maximum atomic E-state index is 13.0. The van der Waals surface area contributed by atoms with Crippen LogP contribution in [0.2, 0.25) is 10.0 Å². The molecule has 82 valence electrons. The Morgan fingerprint density at radius 1 is 1.06 bits per heavy atom. The van der Waals surface area contributed by atoms with Crippen LogP contribution in [0.25, 0.3) is 11.1 Å². The maximum Gasteiger partial charge on any atom is 0.248 e. The lowest BCUT2D eigenvalue weighted by Crippen LogP contribution is -1.90. The fourth-order valence-electron chi connectivity index (χ4n) is 1.29. The summed E-state index contributed by atoms with van der Waals surface area (Å²) in [6.07, 6.45) is 1.22. The number of aromatic nitrogens is 1. The molecule has 0 saturated carbocycles. The molecule has 1 heterocycles. The minimum atomic E-state index is -1.13. The van der Waals surface area contributed by atoms with E-state index in [4.69, 9.17) is 23.2 Å². The average Bonchev–Trinajstić information content (AvgIpc) is 2.22. The SMILES string of the molecule is Fc1cc(-c2ccc(Cl)cc2Cl)cnc1F. The molecule has 0 atom stereocenters. The molecule has 0 bridgehead atoms. The van der Waals surface area contributed by atoms with E-state index in [1.807, 2.05) is 0 Å². The van der Waals surface area contributed by atoms with Crippen LogP contribution in [0.4, 0.5) is 8.78 Å². The van der Waals surface area contributed by atoms with Gasteiger partial charge >= 0.3 is 0 Å². The summed E-state index contributed by atoms with van der Waals surface area (Å²) in [5.41, 5.74) is 0.957. The van der Waals surface area contributed by atoms with E-state index in [9.17, 15) is 8.78 Å². The molecule has 1 nitrogen and oxygen atoms in total. The molecule has 2 rings (SSSR count). The first-order valence-electron chi connectivity index (χ1n) is 4.34. The fraction of sp³-hybridized carbons (Fsp3) is 0. The lowest BCUT2D eigenvalue weighted by atomic mass is 10.1. The van der Waals surface area contributed by atoms with Gasteiger partial charge in [0.15, 0.2) is 5.82 Å². The molecule has 0 spiro atoms. The van der Waals surface area contributed by atoms with Crippen LogP contribution in [-0.4, -0.2) is 4.98 Å². The lowest BCUT2D eigenvalue weighted by molar-refractivity contribution is 0.480. The standard InChI is InChI=1S/C11H5Cl2F2N/c12-7-1-2-8(9(13)4-7)6-3-10(14)11(15)16-5-6/h1-5H. The summed E-state index contributed by atoms with van der Waals surface area (Å²) in [4.78, 5) is 3.29. The Balaban J connectivity index is 2.54. The molecular formula is C11H5Cl2F2N. The number of benzene rings is 1. The van der Waals surface area contributed by atoms with Gasteiger partial charge in [0.25, 0.3) is 0 Å². The van der Waals surface area contributed by atoms with Gasteiger partial charge < -0.3 is 0 Å². The third-order valence-corrected chi connectivity index (χ3v) is 2.59. The van der Waals surface area contributed by atoms with E-state index in [0.29, 0.717) is 21.2 Å². The molecular weight excluding hydrogens is 255 g/mol. The monoisotopic (exact) mass is 259 g/mol. The van der Waals surface area contributed by atoms with Crippen molar-refractivity contribution in [2.45, 2.75) is 0 Å². The van der Waals surface area contributed by atoms with E-state index < -0.39 is 11.8 Å². The number of halogens is 4. The van der Waals surface area contributed by atoms with Gasteiger partial charge in [-0.3, -0.25) is 0 Å². The summed E-state index contributed by atoms with van der Waals surface area (Å²) in [5.74, 6) is -2.14. The second kappa shape index (κ2) is 4.36. The van der Waals surface area contributed by atoms with E-state index in [1.54, 1.807) is 12.1 Å². The van der Waals surface area contributed by atoms with Gasteiger partial charge in [0.1, 0.15) is 0 Å². The molecule has 5 heteroatoms. The van der Waals surface area contributed by atoms with Gasteiger partial charge in [-0.15, -0.1) is 0 Å². The van der Waals surface area contributed by atoms with Gasteiger partial charge in [0, 0.05) is 27.4 Å². The Morgan fingerprint density at radius 2 is 1.81 bits per heavy atom. The van der Waals surface area contributed by atoms with E-state index in [2.05, 4.69) is 4.98 Å². The molecule has 0 radical (unpaired) electrons. The minimum absolute atomic E-state index is 0.361.